The number of benzene rings is 2. The maximum Gasteiger partial charge on any atom is 0.267 e. The van der Waals surface area contributed by atoms with Crippen LogP contribution in [0.15, 0.2) is 70.5 Å². The zero-order chi connectivity index (χ0) is 24.7. The van der Waals surface area contributed by atoms with Crippen LogP contribution in [-0.2, 0) is 10.0 Å². The third-order valence-corrected chi connectivity index (χ3v) is 6.74. The quantitative estimate of drug-likeness (QED) is 0.450. The second-order valence-electron chi connectivity index (χ2n) is 8.76. The molecule has 0 amide bonds. The monoisotopic (exact) mass is 479 g/mol. The summed E-state index contributed by atoms with van der Waals surface area (Å²) in [7, 11) is -2.57. The third-order valence-electron chi connectivity index (χ3n) is 4.98. The minimum Gasteiger partial charge on any atom is -0.480 e. The Morgan fingerprint density at radius 3 is 2.38 bits per heavy atom. The molecule has 0 atom stereocenters. The minimum absolute atomic E-state index is 0.0258. The summed E-state index contributed by atoms with van der Waals surface area (Å²) in [4.78, 5) is 21.8. The molecule has 0 saturated heterocycles. The molecule has 0 saturated carbocycles. The number of nitrogen functional groups attached to an aromatic ring is 1. The Bertz CT molecular complexity index is 1540. The molecular formula is C24H25N5O4S. The number of para-hydroxylation sites is 1. The fraction of sp³-hybridized carbons (Fsp3) is 0.208. The van der Waals surface area contributed by atoms with Crippen molar-refractivity contribution in [2.24, 2.45) is 0 Å². The van der Waals surface area contributed by atoms with Gasteiger partial charge in [0.2, 0.25) is 21.9 Å². The summed E-state index contributed by atoms with van der Waals surface area (Å²) >= 11 is 0. The van der Waals surface area contributed by atoms with Crippen molar-refractivity contribution < 1.29 is 13.2 Å². The number of sulfonamides is 1. The Morgan fingerprint density at radius 2 is 1.74 bits per heavy atom. The SMILES string of the molecule is COc1ncc(-c2ccc3nc(N)n(-c4ccccc4)c(=O)c3c2)cc1S(=O)(=O)NC(C)(C)C. The molecule has 0 aliphatic rings. The summed E-state index contributed by atoms with van der Waals surface area (Å²) in [5.41, 5.74) is 7.16. The summed E-state index contributed by atoms with van der Waals surface area (Å²) in [6.07, 6.45) is 1.50. The van der Waals surface area contributed by atoms with Gasteiger partial charge in [-0.25, -0.2) is 27.7 Å². The molecule has 4 aromatic rings. The van der Waals surface area contributed by atoms with E-state index in [1.807, 2.05) is 6.07 Å². The number of nitrogens with two attached hydrogens (primary N) is 1. The van der Waals surface area contributed by atoms with Gasteiger partial charge in [-0.1, -0.05) is 24.3 Å². The van der Waals surface area contributed by atoms with E-state index < -0.39 is 15.6 Å². The van der Waals surface area contributed by atoms with Crippen LogP contribution in [-0.4, -0.2) is 35.6 Å². The maximum absolute atomic E-state index is 13.3. The minimum atomic E-state index is -3.92. The first-order chi connectivity index (χ1) is 16.0. The Hall–Kier alpha value is -3.76. The molecule has 0 fully saturated rings. The predicted octanol–water partition coefficient (Wildman–Crippen LogP) is 3.12. The number of anilines is 1. The highest BCUT2D eigenvalue weighted by molar-refractivity contribution is 7.89. The second kappa shape index (κ2) is 8.54. The number of nitrogens with one attached hydrogen (secondary N) is 1. The number of nitrogens with zero attached hydrogens (tertiary/aromatic N) is 3. The number of methoxy groups -OCH3 is 1. The first-order valence-electron chi connectivity index (χ1n) is 10.5. The zero-order valence-electron chi connectivity index (χ0n) is 19.2. The Morgan fingerprint density at radius 1 is 1.03 bits per heavy atom. The molecule has 0 aliphatic heterocycles. The molecule has 4 rings (SSSR count). The highest BCUT2D eigenvalue weighted by atomic mass is 32.2. The van der Waals surface area contributed by atoms with Gasteiger partial charge in [0.15, 0.2) is 0 Å². The van der Waals surface area contributed by atoms with Crippen LogP contribution < -0.4 is 20.8 Å². The van der Waals surface area contributed by atoms with Gasteiger partial charge >= 0.3 is 0 Å². The van der Waals surface area contributed by atoms with Crippen LogP contribution in [0.3, 0.4) is 0 Å². The molecule has 176 valence electrons. The van der Waals surface area contributed by atoms with Gasteiger partial charge in [-0.3, -0.25) is 4.79 Å². The van der Waals surface area contributed by atoms with Crippen molar-refractivity contribution in [1.29, 1.82) is 0 Å². The van der Waals surface area contributed by atoms with Gasteiger partial charge < -0.3 is 10.5 Å². The number of hydrogen-bond acceptors (Lipinski definition) is 7. The largest absolute Gasteiger partial charge is 0.480 e. The van der Waals surface area contributed by atoms with Crippen LogP contribution in [0.1, 0.15) is 20.8 Å². The first kappa shape index (κ1) is 23.4. The maximum atomic E-state index is 13.3. The smallest absolute Gasteiger partial charge is 0.267 e. The van der Waals surface area contributed by atoms with Crippen LogP contribution in [0.25, 0.3) is 27.7 Å². The number of rotatable bonds is 5. The van der Waals surface area contributed by atoms with Crippen LogP contribution in [0.4, 0.5) is 5.95 Å². The molecule has 9 nitrogen and oxygen atoms in total. The van der Waals surface area contributed by atoms with Crippen molar-refractivity contribution in [3.63, 3.8) is 0 Å². The van der Waals surface area contributed by atoms with Crippen LogP contribution >= 0.6 is 0 Å². The van der Waals surface area contributed by atoms with E-state index >= 15 is 0 Å². The van der Waals surface area contributed by atoms with E-state index in [1.165, 1.54) is 23.9 Å². The lowest BCUT2D eigenvalue weighted by Crippen LogP contribution is -2.40. The molecule has 2 aromatic carbocycles. The summed E-state index contributed by atoms with van der Waals surface area (Å²) < 4.78 is 35.2. The Balaban J connectivity index is 1.89. The van der Waals surface area contributed by atoms with Gasteiger partial charge in [0.1, 0.15) is 4.90 Å². The van der Waals surface area contributed by atoms with E-state index in [-0.39, 0.29) is 22.3 Å². The predicted molar refractivity (Wildman–Crippen MR) is 132 cm³/mol. The zero-order valence-corrected chi connectivity index (χ0v) is 20.1. The van der Waals surface area contributed by atoms with Gasteiger partial charge in [0.25, 0.3) is 5.56 Å². The number of ether oxygens (including phenoxy) is 1. The fourth-order valence-electron chi connectivity index (χ4n) is 3.60. The lowest BCUT2D eigenvalue weighted by molar-refractivity contribution is 0.384. The van der Waals surface area contributed by atoms with Gasteiger partial charge in [0, 0.05) is 17.3 Å². The lowest BCUT2D eigenvalue weighted by atomic mass is 10.1. The van der Waals surface area contributed by atoms with Gasteiger partial charge in [-0.05, 0) is 56.7 Å². The number of pyridine rings is 1. The van der Waals surface area contributed by atoms with Crippen LogP contribution in [0.2, 0.25) is 0 Å². The van der Waals surface area contributed by atoms with E-state index in [4.69, 9.17) is 10.5 Å². The van der Waals surface area contributed by atoms with Crippen molar-refractivity contribution >= 4 is 26.9 Å². The van der Waals surface area contributed by atoms with Crippen molar-refractivity contribution in [2.75, 3.05) is 12.8 Å². The first-order valence-corrected chi connectivity index (χ1v) is 11.9. The summed E-state index contributed by atoms with van der Waals surface area (Å²) in [6.45, 7) is 5.23. The van der Waals surface area contributed by atoms with Crippen LogP contribution in [0, 0.1) is 0 Å². The molecule has 10 heteroatoms. The van der Waals surface area contributed by atoms with Crippen LogP contribution in [0.5, 0.6) is 5.88 Å². The summed E-state index contributed by atoms with van der Waals surface area (Å²) in [5, 5.41) is 0.337. The number of aromatic nitrogens is 3. The molecule has 0 aliphatic carbocycles. The standard InChI is InChI=1S/C24H25N5O4S/c1-24(2,3)28-34(31,32)20-13-16(14-26-21(20)33-4)15-10-11-19-18(12-15)22(30)29(23(25)27-19)17-8-6-5-7-9-17/h5-14,28H,1-4H3,(H2,25,27). The molecule has 0 unspecified atom stereocenters. The van der Waals surface area contributed by atoms with Gasteiger partial charge in [-0.15, -0.1) is 0 Å². The topological polar surface area (TPSA) is 129 Å². The van der Waals surface area contributed by atoms with Gasteiger partial charge in [-0.2, -0.15) is 0 Å². The second-order valence-corrected chi connectivity index (χ2v) is 10.4. The highest BCUT2D eigenvalue weighted by Crippen LogP contribution is 2.29. The van der Waals surface area contributed by atoms with E-state index in [0.29, 0.717) is 27.7 Å². The lowest BCUT2D eigenvalue weighted by Gasteiger charge is -2.21. The van der Waals surface area contributed by atoms with E-state index in [9.17, 15) is 13.2 Å². The van der Waals surface area contributed by atoms with Crippen molar-refractivity contribution in [3.8, 4) is 22.7 Å². The van der Waals surface area contributed by atoms with E-state index in [1.54, 1.807) is 63.2 Å². The molecule has 3 N–H and O–H groups in total. The van der Waals surface area contributed by atoms with Crippen molar-refractivity contribution in [1.82, 2.24) is 19.3 Å². The molecule has 0 spiro atoms. The normalized spacial score (nSPS) is 12.1. The van der Waals surface area contributed by atoms with Gasteiger partial charge in [0.05, 0.1) is 23.7 Å². The molecule has 0 bridgehead atoms. The fourth-order valence-corrected chi connectivity index (χ4v) is 5.17. The molecule has 2 heterocycles. The Kier molecular flexibility index (Phi) is 5.88. The summed E-state index contributed by atoms with van der Waals surface area (Å²) in [6, 6.07) is 15.5. The number of hydrogen-bond donors (Lipinski definition) is 2. The van der Waals surface area contributed by atoms with Crippen molar-refractivity contribution in [2.45, 2.75) is 31.2 Å². The third kappa shape index (κ3) is 4.50. The molecular weight excluding hydrogens is 454 g/mol. The molecule has 34 heavy (non-hydrogen) atoms. The molecule has 0 radical (unpaired) electrons. The average molecular weight is 480 g/mol. The average Bonchev–Trinajstić information content (AvgIpc) is 2.77. The van der Waals surface area contributed by atoms with Crippen molar-refractivity contribution in [3.05, 3.63) is 71.1 Å². The van der Waals surface area contributed by atoms with E-state index in [2.05, 4.69) is 14.7 Å². The summed E-state index contributed by atoms with van der Waals surface area (Å²) in [5.74, 6) is 0.0476. The van der Waals surface area contributed by atoms with E-state index in [0.717, 1.165) is 0 Å². The Labute approximate surface area is 197 Å². The molecule has 2 aromatic heterocycles. The highest BCUT2D eigenvalue weighted by Gasteiger charge is 2.27. The number of fused-ring (bicyclic) bond motifs is 1.